The number of methoxy groups -OCH3 is 1. The van der Waals surface area contributed by atoms with Gasteiger partial charge in [-0.2, -0.15) is 8.75 Å². The van der Waals surface area contributed by atoms with E-state index in [-0.39, 0.29) is 0 Å². The van der Waals surface area contributed by atoms with Crippen LogP contribution in [0.1, 0.15) is 27.8 Å². The number of aromatic nitrogens is 2. The molecular weight excluding hydrogens is 436 g/mol. The van der Waals surface area contributed by atoms with E-state index in [2.05, 4.69) is 8.75 Å². The molecule has 6 nitrogen and oxygen atoms in total. The van der Waals surface area contributed by atoms with E-state index in [0.717, 1.165) is 33.9 Å². The first kappa shape index (κ1) is 21.3. The summed E-state index contributed by atoms with van der Waals surface area (Å²) >= 11 is 1.12. The van der Waals surface area contributed by atoms with Gasteiger partial charge in [0.05, 0.1) is 24.4 Å². The van der Waals surface area contributed by atoms with E-state index in [0.29, 0.717) is 40.0 Å². The molecule has 2 heterocycles. The molecular formula is C26H22N2O4S. The van der Waals surface area contributed by atoms with Crippen LogP contribution < -0.4 is 4.74 Å². The SMILES string of the molecule is COc1cccc(CC2=C(c3ccc4nsnc4c3)C(=O)OC2(O)c2ccc(C)c(C)c2)c1. The molecule has 0 spiro atoms. The molecule has 0 radical (unpaired) electrons. The Hall–Kier alpha value is -3.55. The van der Waals surface area contributed by atoms with Crippen molar-refractivity contribution in [3.05, 3.63) is 94.1 Å². The number of nitrogens with zero attached hydrogens (tertiary/aromatic N) is 2. The highest BCUT2D eigenvalue weighted by Crippen LogP contribution is 2.45. The maximum Gasteiger partial charge on any atom is 0.342 e. The number of rotatable bonds is 5. The van der Waals surface area contributed by atoms with E-state index >= 15 is 0 Å². The molecule has 1 N–H and O–H groups in total. The molecule has 4 aromatic rings. The lowest BCUT2D eigenvalue weighted by molar-refractivity contribution is -0.185. The van der Waals surface area contributed by atoms with E-state index in [4.69, 9.17) is 9.47 Å². The smallest absolute Gasteiger partial charge is 0.342 e. The fraction of sp³-hybridized carbons (Fsp3) is 0.192. The van der Waals surface area contributed by atoms with Gasteiger partial charge in [0, 0.05) is 17.6 Å². The van der Waals surface area contributed by atoms with Crippen molar-refractivity contribution in [2.24, 2.45) is 0 Å². The molecule has 3 aromatic carbocycles. The van der Waals surface area contributed by atoms with Crippen molar-refractivity contribution in [2.45, 2.75) is 26.1 Å². The summed E-state index contributed by atoms with van der Waals surface area (Å²) in [5.41, 5.74) is 6.40. The number of esters is 1. The van der Waals surface area contributed by atoms with Crippen LogP contribution in [-0.4, -0.2) is 26.9 Å². The van der Waals surface area contributed by atoms with Crippen LogP contribution in [0.3, 0.4) is 0 Å². The van der Waals surface area contributed by atoms with Crippen LogP contribution in [0.4, 0.5) is 0 Å². The van der Waals surface area contributed by atoms with E-state index < -0.39 is 11.8 Å². The lowest BCUT2D eigenvalue weighted by Gasteiger charge is -2.26. The van der Waals surface area contributed by atoms with Crippen molar-refractivity contribution in [3.63, 3.8) is 0 Å². The Morgan fingerprint density at radius 1 is 1.00 bits per heavy atom. The Morgan fingerprint density at radius 3 is 2.61 bits per heavy atom. The predicted octanol–water partition coefficient (Wildman–Crippen LogP) is 4.72. The van der Waals surface area contributed by atoms with Crippen LogP contribution in [0.25, 0.3) is 16.6 Å². The summed E-state index contributed by atoms with van der Waals surface area (Å²) in [7, 11) is 1.61. The van der Waals surface area contributed by atoms with Crippen LogP contribution in [-0.2, 0) is 21.7 Å². The highest BCUT2D eigenvalue weighted by Gasteiger charge is 2.48. The maximum absolute atomic E-state index is 13.2. The van der Waals surface area contributed by atoms with Crippen LogP contribution in [0.5, 0.6) is 5.75 Å². The van der Waals surface area contributed by atoms with Gasteiger partial charge in [-0.15, -0.1) is 0 Å². The van der Waals surface area contributed by atoms with Gasteiger partial charge in [0.2, 0.25) is 0 Å². The summed E-state index contributed by atoms with van der Waals surface area (Å²) in [6.07, 6.45) is 0.301. The normalized spacial score (nSPS) is 18.1. The molecule has 0 saturated carbocycles. The predicted molar refractivity (Wildman–Crippen MR) is 127 cm³/mol. The summed E-state index contributed by atoms with van der Waals surface area (Å²) < 4.78 is 19.6. The number of hydrogen-bond donors (Lipinski definition) is 1. The second-order valence-electron chi connectivity index (χ2n) is 8.18. The van der Waals surface area contributed by atoms with Crippen molar-refractivity contribution in [1.82, 2.24) is 8.75 Å². The molecule has 0 amide bonds. The lowest BCUT2D eigenvalue weighted by Crippen LogP contribution is -2.30. The molecule has 0 aliphatic carbocycles. The molecule has 1 aliphatic rings. The van der Waals surface area contributed by atoms with Gasteiger partial charge in [-0.1, -0.05) is 30.3 Å². The van der Waals surface area contributed by atoms with E-state index in [1.54, 1.807) is 13.2 Å². The number of ether oxygens (including phenoxy) is 2. The monoisotopic (exact) mass is 458 g/mol. The molecule has 0 bridgehead atoms. The van der Waals surface area contributed by atoms with Gasteiger partial charge in [0.25, 0.3) is 5.79 Å². The Balaban J connectivity index is 1.71. The lowest BCUT2D eigenvalue weighted by atomic mass is 9.87. The minimum Gasteiger partial charge on any atom is -0.497 e. The molecule has 1 aliphatic heterocycles. The minimum absolute atomic E-state index is 0.301. The Labute approximate surface area is 195 Å². The summed E-state index contributed by atoms with van der Waals surface area (Å²) in [6, 6.07) is 18.6. The average Bonchev–Trinajstić information content (AvgIpc) is 3.37. The van der Waals surface area contributed by atoms with Crippen LogP contribution in [0, 0.1) is 13.8 Å². The van der Waals surface area contributed by atoms with E-state index in [1.165, 1.54) is 0 Å². The third-order valence-electron chi connectivity index (χ3n) is 6.11. The van der Waals surface area contributed by atoms with Crippen LogP contribution >= 0.6 is 11.7 Å². The van der Waals surface area contributed by atoms with Crippen molar-refractivity contribution < 1.29 is 19.4 Å². The second kappa shape index (κ2) is 8.10. The first-order chi connectivity index (χ1) is 15.9. The van der Waals surface area contributed by atoms with E-state index in [1.807, 2.05) is 68.4 Å². The van der Waals surface area contributed by atoms with Gasteiger partial charge in [-0.25, -0.2) is 4.79 Å². The molecule has 33 heavy (non-hydrogen) atoms. The van der Waals surface area contributed by atoms with Crippen molar-refractivity contribution in [1.29, 1.82) is 0 Å². The fourth-order valence-electron chi connectivity index (χ4n) is 4.15. The summed E-state index contributed by atoms with van der Waals surface area (Å²) in [5.74, 6) is -1.76. The molecule has 0 saturated heterocycles. The van der Waals surface area contributed by atoms with Gasteiger partial charge < -0.3 is 14.6 Å². The number of carbonyl (C=O) groups is 1. The molecule has 166 valence electrons. The molecule has 1 aromatic heterocycles. The maximum atomic E-state index is 13.2. The third kappa shape index (κ3) is 3.69. The molecule has 1 atom stereocenters. The quantitative estimate of drug-likeness (QED) is 0.436. The zero-order chi connectivity index (χ0) is 23.2. The number of cyclic esters (lactones) is 1. The first-order valence-electron chi connectivity index (χ1n) is 10.5. The van der Waals surface area contributed by atoms with Gasteiger partial charge in [0.1, 0.15) is 16.8 Å². The Kier molecular flexibility index (Phi) is 5.23. The second-order valence-corrected chi connectivity index (χ2v) is 8.71. The van der Waals surface area contributed by atoms with Crippen molar-refractivity contribution in [3.8, 4) is 5.75 Å². The number of benzene rings is 3. The standard InChI is InChI=1S/C26H22N2O4S/c1-15-7-9-19(11-16(15)2)26(30)21(13-17-5-4-6-20(12-17)31-3)24(25(29)32-26)18-8-10-22-23(14-18)28-33-27-22/h4-12,14,30H,13H2,1-3H3. The summed E-state index contributed by atoms with van der Waals surface area (Å²) in [4.78, 5) is 13.2. The number of fused-ring (bicyclic) bond motifs is 1. The number of hydrogen-bond acceptors (Lipinski definition) is 7. The number of aliphatic hydroxyl groups is 1. The van der Waals surface area contributed by atoms with Crippen LogP contribution in [0.2, 0.25) is 0 Å². The van der Waals surface area contributed by atoms with Gasteiger partial charge in [-0.3, -0.25) is 0 Å². The fourth-order valence-corrected chi connectivity index (χ4v) is 4.67. The third-order valence-corrected chi connectivity index (χ3v) is 6.67. The molecule has 7 heteroatoms. The zero-order valence-corrected chi connectivity index (χ0v) is 19.3. The topological polar surface area (TPSA) is 81.5 Å². The minimum atomic E-state index is -1.89. The molecule has 1 unspecified atom stereocenters. The summed E-state index contributed by atoms with van der Waals surface area (Å²) in [5, 5.41) is 11.8. The van der Waals surface area contributed by atoms with Crippen LogP contribution in [0.15, 0.2) is 66.2 Å². The number of aryl methyl sites for hydroxylation is 2. The molecule has 5 rings (SSSR count). The highest BCUT2D eigenvalue weighted by molar-refractivity contribution is 7.00. The van der Waals surface area contributed by atoms with Crippen molar-refractivity contribution in [2.75, 3.05) is 7.11 Å². The van der Waals surface area contributed by atoms with E-state index in [9.17, 15) is 9.90 Å². The van der Waals surface area contributed by atoms with Gasteiger partial charge in [-0.05, 0) is 66.4 Å². The summed E-state index contributed by atoms with van der Waals surface area (Å²) in [6.45, 7) is 3.97. The number of carbonyl (C=O) groups excluding carboxylic acids is 1. The zero-order valence-electron chi connectivity index (χ0n) is 18.5. The van der Waals surface area contributed by atoms with Gasteiger partial charge in [0.15, 0.2) is 0 Å². The van der Waals surface area contributed by atoms with Gasteiger partial charge >= 0.3 is 5.97 Å². The Morgan fingerprint density at radius 2 is 1.82 bits per heavy atom. The highest BCUT2D eigenvalue weighted by atomic mass is 32.1. The molecule has 0 fully saturated rings. The Bertz CT molecular complexity index is 1420. The largest absolute Gasteiger partial charge is 0.497 e. The average molecular weight is 459 g/mol. The first-order valence-corrected chi connectivity index (χ1v) is 11.2. The van der Waals surface area contributed by atoms with Crippen molar-refractivity contribution >= 4 is 34.3 Å².